The number of rotatable bonds is 4. The Labute approximate surface area is 69.4 Å². The summed E-state index contributed by atoms with van der Waals surface area (Å²) in [4.78, 5) is 0. The van der Waals surface area contributed by atoms with Crippen molar-refractivity contribution in [3.8, 4) is 0 Å². The molecule has 0 saturated carbocycles. The molecule has 0 aromatic carbocycles. The molecule has 3 N–H and O–H groups in total. The second-order valence-corrected chi connectivity index (χ2v) is 2.48. The lowest BCUT2D eigenvalue weighted by atomic mass is 10.4. The highest BCUT2D eigenvalue weighted by Crippen LogP contribution is 1.71. The highest BCUT2D eigenvalue weighted by Gasteiger charge is 1.90. The second kappa shape index (κ2) is 12.5. The third kappa shape index (κ3) is 25.8. The van der Waals surface area contributed by atoms with E-state index in [9.17, 15) is 0 Å². The summed E-state index contributed by atoms with van der Waals surface area (Å²) < 4.78 is 0. The molecule has 11 heavy (non-hydrogen) atoms. The molecule has 0 bridgehead atoms. The van der Waals surface area contributed by atoms with E-state index >= 15 is 0 Å². The lowest BCUT2D eigenvalue weighted by Gasteiger charge is -2.02. The second-order valence-electron chi connectivity index (χ2n) is 2.48. The molecule has 3 nitrogen and oxygen atoms in total. The van der Waals surface area contributed by atoms with E-state index in [0.29, 0.717) is 13.1 Å². The Morgan fingerprint density at radius 2 is 1.82 bits per heavy atom. The Balaban J connectivity index is 0. The summed E-state index contributed by atoms with van der Waals surface area (Å²) in [7, 11) is 0. The molecule has 0 rings (SSSR count). The van der Waals surface area contributed by atoms with Crippen LogP contribution in [-0.4, -0.2) is 36.0 Å². The van der Waals surface area contributed by atoms with Crippen molar-refractivity contribution in [2.75, 3.05) is 19.7 Å². The molecule has 0 amide bonds. The maximum atomic E-state index is 8.63. The Morgan fingerprint density at radius 3 is 2.09 bits per heavy atom. The van der Waals surface area contributed by atoms with Crippen molar-refractivity contribution in [1.29, 1.82) is 0 Å². The van der Waals surface area contributed by atoms with Gasteiger partial charge in [0, 0.05) is 13.1 Å². The molecular weight excluding hydrogens is 142 g/mol. The number of aliphatic hydroxyl groups is 2. The SMILES string of the molecule is CC(O)CNCCO.CCC. The molecule has 0 aliphatic carbocycles. The molecule has 0 aromatic heterocycles. The Hall–Kier alpha value is -0.120. The standard InChI is InChI=1S/C5H13NO2.C3H8/c1-5(8)4-6-2-3-7;1-3-2/h5-8H,2-4H2,1H3;3H2,1-2H3. The minimum Gasteiger partial charge on any atom is -0.395 e. The van der Waals surface area contributed by atoms with Crippen molar-refractivity contribution < 1.29 is 10.2 Å². The summed E-state index contributed by atoms with van der Waals surface area (Å²) in [5.41, 5.74) is 0. The van der Waals surface area contributed by atoms with Crippen molar-refractivity contribution >= 4 is 0 Å². The summed E-state index contributed by atoms with van der Waals surface area (Å²) in [6.45, 7) is 7.20. The Kier molecular flexibility index (Phi) is 15.4. The first kappa shape index (κ1) is 13.5. The predicted molar refractivity (Wildman–Crippen MR) is 47.6 cm³/mol. The van der Waals surface area contributed by atoms with Gasteiger partial charge in [-0.2, -0.15) is 0 Å². The minimum atomic E-state index is -0.318. The van der Waals surface area contributed by atoms with Crippen LogP contribution in [0, 0.1) is 0 Å². The van der Waals surface area contributed by atoms with Crippen molar-refractivity contribution in [2.24, 2.45) is 0 Å². The largest absolute Gasteiger partial charge is 0.395 e. The highest BCUT2D eigenvalue weighted by atomic mass is 16.3. The van der Waals surface area contributed by atoms with Gasteiger partial charge in [0.1, 0.15) is 0 Å². The maximum Gasteiger partial charge on any atom is 0.0636 e. The van der Waals surface area contributed by atoms with E-state index in [1.165, 1.54) is 6.42 Å². The van der Waals surface area contributed by atoms with Gasteiger partial charge in [-0.05, 0) is 6.92 Å². The van der Waals surface area contributed by atoms with Crippen molar-refractivity contribution in [1.82, 2.24) is 5.32 Å². The fraction of sp³-hybridized carbons (Fsp3) is 1.00. The number of hydrogen-bond acceptors (Lipinski definition) is 3. The summed E-state index contributed by atoms with van der Waals surface area (Å²) in [6, 6.07) is 0. The third-order valence-corrected chi connectivity index (χ3v) is 0.728. The van der Waals surface area contributed by atoms with Crippen LogP contribution in [0.15, 0.2) is 0 Å². The van der Waals surface area contributed by atoms with Crippen LogP contribution in [0.3, 0.4) is 0 Å². The average Bonchev–Trinajstić information content (AvgIpc) is 1.89. The van der Waals surface area contributed by atoms with Gasteiger partial charge < -0.3 is 15.5 Å². The van der Waals surface area contributed by atoms with E-state index in [4.69, 9.17) is 10.2 Å². The maximum absolute atomic E-state index is 8.63. The van der Waals surface area contributed by atoms with E-state index in [0.717, 1.165) is 0 Å². The van der Waals surface area contributed by atoms with Crippen LogP contribution in [0.4, 0.5) is 0 Å². The van der Waals surface area contributed by atoms with Gasteiger partial charge in [-0.25, -0.2) is 0 Å². The first-order chi connectivity index (χ1) is 5.18. The van der Waals surface area contributed by atoms with E-state index in [1.807, 2.05) is 0 Å². The van der Waals surface area contributed by atoms with E-state index in [1.54, 1.807) is 6.92 Å². The van der Waals surface area contributed by atoms with Gasteiger partial charge in [-0.1, -0.05) is 20.3 Å². The third-order valence-electron chi connectivity index (χ3n) is 0.728. The molecule has 0 aromatic rings. The summed E-state index contributed by atoms with van der Waals surface area (Å²) >= 11 is 0. The van der Waals surface area contributed by atoms with Gasteiger partial charge in [0.15, 0.2) is 0 Å². The molecule has 0 aliphatic heterocycles. The number of hydrogen-bond donors (Lipinski definition) is 3. The zero-order valence-electron chi connectivity index (χ0n) is 7.80. The van der Waals surface area contributed by atoms with Gasteiger partial charge in [0.2, 0.25) is 0 Å². The van der Waals surface area contributed by atoms with Gasteiger partial charge in [-0.15, -0.1) is 0 Å². The molecule has 0 spiro atoms. The first-order valence-corrected chi connectivity index (χ1v) is 4.18. The summed E-state index contributed by atoms with van der Waals surface area (Å²) in [5.74, 6) is 0. The van der Waals surface area contributed by atoms with Crippen LogP contribution in [0.5, 0.6) is 0 Å². The summed E-state index contributed by atoms with van der Waals surface area (Å²) in [5, 5.41) is 19.7. The normalized spacial score (nSPS) is 11.7. The molecule has 0 radical (unpaired) electrons. The topological polar surface area (TPSA) is 52.5 Å². The fourth-order valence-electron chi connectivity index (χ4n) is 0.390. The average molecular weight is 163 g/mol. The molecule has 1 unspecified atom stereocenters. The van der Waals surface area contributed by atoms with E-state index < -0.39 is 0 Å². The van der Waals surface area contributed by atoms with Gasteiger partial charge in [-0.3, -0.25) is 0 Å². The molecular formula is C8H21NO2. The van der Waals surface area contributed by atoms with Crippen LogP contribution < -0.4 is 5.32 Å². The lowest BCUT2D eigenvalue weighted by Crippen LogP contribution is -2.26. The molecule has 70 valence electrons. The van der Waals surface area contributed by atoms with Crippen molar-refractivity contribution in [2.45, 2.75) is 33.3 Å². The minimum absolute atomic E-state index is 0.132. The quantitative estimate of drug-likeness (QED) is 0.525. The van der Waals surface area contributed by atoms with Crippen LogP contribution >= 0.6 is 0 Å². The smallest absolute Gasteiger partial charge is 0.0636 e. The molecule has 0 saturated heterocycles. The molecule has 1 atom stereocenters. The van der Waals surface area contributed by atoms with E-state index in [-0.39, 0.29) is 12.7 Å². The number of aliphatic hydroxyl groups excluding tert-OH is 2. The van der Waals surface area contributed by atoms with Gasteiger partial charge >= 0.3 is 0 Å². The zero-order valence-corrected chi connectivity index (χ0v) is 7.80. The van der Waals surface area contributed by atoms with Crippen LogP contribution in [0.2, 0.25) is 0 Å². The Bertz CT molecular complexity index is 58.1. The van der Waals surface area contributed by atoms with Crippen LogP contribution in [0.1, 0.15) is 27.2 Å². The van der Waals surface area contributed by atoms with Crippen LogP contribution in [0.25, 0.3) is 0 Å². The van der Waals surface area contributed by atoms with Gasteiger partial charge in [0.25, 0.3) is 0 Å². The van der Waals surface area contributed by atoms with E-state index in [2.05, 4.69) is 19.2 Å². The van der Waals surface area contributed by atoms with Gasteiger partial charge in [0.05, 0.1) is 12.7 Å². The number of nitrogens with one attached hydrogen (secondary N) is 1. The molecule has 0 fully saturated rings. The lowest BCUT2D eigenvalue weighted by molar-refractivity contribution is 0.186. The molecule has 0 heterocycles. The van der Waals surface area contributed by atoms with Crippen molar-refractivity contribution in [3.05, 3.63) is 0 Å². The Morgan fingerprint density at radius 1 is 1.36 bits per heavy atom. The highest BCUT2D eigenvalue weighted by molar-refractivity contribution is 4.50. The van der Waals surface area contributed by atoms with Crippen molar-refractivity contribution in [3.63, 3.8) is 0 Å². The molecule has 0 aliphatic rings. The predicted octanol–water partition coefficient (Wildman–Crippen LogP) is 0.365. The fourth-order valence-corrected chi connectivity index (χ4v) is 0.390. The first-order valence-electron chi connectivity index (χ1n) is 4.18. The zero-order chi connectivity index (χ0) is 9.11. The monoisotopic (exact) mass is 163 g/mol. The van der Waals surface area contributed by atoms with Crippen LogP contribution in [-0.2, 0) is 0 Å². The summed E-state index contributed by atoms with van der Waals surface area (Å²) in [6.07, 6.45) is 0.932. The molecule has 3 heteroatoms.